The summed E-state index contributed by atoms with van der Waals surface area (Å²) in [5, 5.41) is 3.33. The number of amides is 2. The van der Waals surface area contributed by atoms with Crippen LogP contribution in [0.5, 0.6) is 0 Å². The maximum absolute atomic E-state index is 12.9. The zero-order valence-electron chi connectivity index (χ0n) is 16.2. The molecule has 0 aromatic carbocycles. The molecule has 1 aliphatic heterocycles. The summed E-state index contributed by atoms with van der Waals surface area (Å²) in [4.78, 5) is 21.6. The Balaban J connectivity index is 1.55. The van der Waals surface area contributed by atoms with E-state index in [9.17, 15) is 4.79 Å². The van der Waals surface area contributed by atoms with Crippen LogP contribution in [0.25, 0.3) is 0 Å². The van der Waals surface area contributed by atoms with Gasteiger partial charge in [-0.15, -0.1) is 0 Å². The molecule has 1 N–H and O–H groups in total. The average Bonchev–Trinajstić information content (AvgIpc) is 3.21. The Morgan fingerprint density at radius 2 is 2.00 bits per heavy atom. The van der Waals surface area contributed by atoms with Crippen LogP contribution in [0.2, 0.25) is 0 Å². The number of urea groups is 1. The summed E-state index contributed by atoms with van der Waals surface area (Å²) in [6, 6.07) is 5.12. The standard InChI is InChI=1S/C21H34N4O/c1-2-3-14-25(16-18-10-12-22-13-11-18)21(26)23-19-7-6-15-24(17-19)20-8-4-5-9-20/h10-13,19-20H,2-9,14-17H2,1H3,(H,23,26). The second-order valence-electron chi connectivity index (χ2n) is 7.85. The molecule has 2 heterocycles. The highest BCUT2D eigenvalue weighted by Gasteiger charge is 2.29. The lowest BCUT2D eigenvalue weighted by Gasteiger charge is -2.38. The molecule has 1 aromatic heterocycles. The largest absolute Gasteiger partial charge is 0.334 e. The van der Waals surface area contributed by atoms with Gasteiger partial charge in [-0.2, -0.15) is 0 Å². The molecule has 2 amide bonds. The molecule has 5 nitrogen and oxygen atoms in total. The highest BCUT2D eigenvalue weighted by Crippen LogP contribution is 2.26. The number of carbonyl (C=O) groups is 1. The molecule has 1 saturated carbocycles. The molecule has 0 radical (unpaired) electrons. The van der Waals surface area contributed by atoms with E-state index in [1.54, 1.807) is 12.4 Å². The summed E-state index contributed by atoms with van der Waals surface area (Å²) in [5.41, 5.74) is 1.14. The van der Waals surface area contributed by atoms with Gasteiger partial charge in [0.25, 0.3) is 0 Å². The first kappa shape index (κ1) is 19.2. The minimum atomic E-state index is 0.0912. The van der Waals surface area contributed by atoms with Crippen molar-refractivity contribution in [2.75, 3.05) is 19.6 Å². The van der Waals surface area contributed by atoms with Crippen molar-refractivity contribution in [3.8, 4) is 0 Å². The lowest BCUT2D eigenvalue weighted by atomic mass is 10.0. The van der Waals surface area contributed by atoms with Crippen LogP contribution in [-0.2, 0) is 6.54 Å². The summed E-state index contributed by atoms with van der Waals surface area (Å²) in [6.07, 6.45) is 13.4. The number of pyridine rings is 1. The topological polar surface area (TPSA) is 48.5 Å². The molecule has 1 aliphatic carbocycles. The third kappa shape index (κ3) is 5.44. The van der Waals surface area contributed by atoms with Crippen LogP contribution < -0.4 is 5.32 Å². The van der Waals surface area contributed by atoms with Crippen molar-refractivity contribution in [2.24, 2.45) is 0 Å². The SMILES string of the molecule is CCCCN(Cc1ccncc1)C(=O)NC1CCCN(C2CCCC2)C1. The normalized spacial score (nSPS) is 21.7. The van der Waals surface area contributed by atoms with Crippen molar-refractivity contribution in [1.29, 1.82) is 0 Å². The summed E-state index contributed by atoms with van der Waals surface area (Å²) in [5.74, 6) is 0. The fourth-order valence-electron chi connectivity index (χ4n) is 4.30. The summed E-state index contributed by atoms with van der Waals surface area (Å²) in [6.45, 7) is 5.86. The van der Waals surface area contributed by atoms with Crippen LogP contribution >= 0.6 is 0 Å². The molecule has 5 heteroatoms. The summed E-state index contributed by atoms with van der Waals surface area (Å²) >= 11 is 0. The van der Waals surface area contributed by atoms with Crippen LogP contribution in [0.4, 0.5) is 4.79 Å². The second kappa shape index (κ2) is 9.91. The summed E-state index contributed by atoms with van der Waals surface area (Å²) in [7, 11) is 0. The van der Waals surface area contributed by atoms with Crippen LogP contribution in [0.15, 0.2) is 24.5 Å². The second-order valence-corrected chi connectivity index (χ2v) is 7.85. The van der Waals surface area contributed by atoms with E-state index >= 15 is 0 Å². The van der Waals surface area contributed by atoms with E-state index in [1.807, 2.05) is 17.0 Å². The fourth-order valence-corrected chi connectivity index (χ4v) is 4.30. The maximum atomic E-state index is 12.9. The maximum Gasteiger partial charge on any atom is 0.317 e. The Morgan fingerprint density at radius 1 is 1.23 bits per heavy atom. The van der Waals surface area contributed by atoms with Crippen molar-refractivity contribution in [1.82, 2.24) is 20.1 Å². The predicted molar refractivity (Wildman–Crippen MR) is 105 cm³/mol. The number of likely N-dealkylation sites (tertiary alicyclic amines) is 1. The van der Waals surface area contributed by atoms with Gasteiger partial charge in [-0.05, 0) is 56.3 Å². The molecule has 0 spiro atoms. The molecule has 3 rings (SSSR count). The monoisotopic (exact) mass is 358 g/mol. The minimum Gasteiger partial charge on any atom is -0.334 e. The molecule has 2 aliphatic rings. The van der Waals surface area contributed by atoms with Gasteiger partial charge in [0.1, 0.15) is 0 Å². The van der Waals surface area contributed by atoms with Crippen LogP contribution in [0, 0.1) is 0 Å². The van der Waals surface area contributed by atoms with E-state index in [0.717, 1.165) is 44.0 Å². The number of hydrogen-bond acceptors (Lipinski definition) is 3. The number of unbranched alkanes of at least 4 members (excludes halogenated alkanes) is 1. The number of carbonyl (C=O) groups excluding carboxylic acids is 1. The Hall–Kier alpha value is -1.62. The van der Waals surface area contributed by atoms with E-state index < -0.39 is 0 Å². The van der Waals surface area contributed by atoms with E-state index in [1.165, 1.54) is 38.6 Å². The number of hydrogen-bond donors (Lipinski definition) is 1. The van der Waals surface area contributed by atoms with Crippen molar-refractivity contribution >= 4 is 6.03 Å². The van der Waals surface area contributed by atoms with Gasteiger partial charge in [-0.25, -0.2) is 4.79 Å². The molecule has 26 heavy (non-hydrogen) atoms. The number of rotatable bonds is 7. The first-order chi connectivity index (χ1) is 12.8. The molecule has 144 valence electrons. The first-order valence-corrected chi connectivity index (χ1v) is 10.4. The Kier molecular flexibility index (Phi) is 7.30. The fraction of sp³-hybridized carbons (Fsp3) is 0.714. The predicted octanol–water partition coefficient (Wildman–Crippen LogP) is 3.80. The van der Waals surface area contributed by atoms with Gasteiger partial charge < -0.3 is 10.2 Å². The number of nitrogens with one attached hydrogen (secondary N) is 1. The smallest absolute Gasteiger partial charge is 0.317 e. The number of nitrogens with zero attached hydrogens (tertiary/aromatic N) is 3. The third-order valence-corrected chi connectivity index (χ3v) is 5.81. The van der Waals surface area contributed by atoms with Gasteiger partial charge in [0, 0.05) is 44.1 Å². The van der Waals surface area contributed by atoms with Crippen LogP contribution in [0.1, 0.15) is 63.9 Å². The van der Waals surface area contributed by atoms with Gasteiger partial charge in [-0.1, -0.05) is 26.2 Å². The lowest BCUT2D eigenvalue weighted by molar-refractivity contribution is 0.132. The highest BCUT2D eigenvalue weighted by atomic mass is 16.2. The van der Waals surface area contributed by atoms with E-state index in [0.29, 0.717) is 12.6 Å². The number of piperidine rings is 1. The molecule has 0 bridgehead atoms. The zero-order valence-corrected chi connectivity index (χ0v) is 16.2. The van der Waals surface area contributed by atoms with Gasteiger partial charge in [0.2, 0.25) is 0 Å². The molecule has 1 atom stereocenters. The number of aromatic nitrogens is 1. The lowest BCUT2D eigenvalue weighted by Crippen LogP contribution is -2.53. The van der Waals surface area contributed by atoms with Crippen molar-refractivity contribution < 1.29 is 4.79 Å². The molecule has 1 aromatic rings. The highest BCUT2D eigenvalue weighted by molar-refractivity contribution is 5.74. The zero-order chi connectivity index (χ0) is 18.2. The average molecular weight is 359 g/mol. The minimum absolute atomic E-state index is 0.0912. The van der Waals surface area contributed by atoms with Crippen molar-refractivity contribution in [3.05, 3.63) is 30.1 Å². The molecule has 1 saturated heterocycles. The van der Waals surface area contributed by atoms with E-state index in [2.05, 4.69) is 22.1 Å². The van der Waals surface area contributed by atoms with Crippen LogP contribution in [0.3, 0.4) is 0 Å². The molecular formula is C21H34N4O. The van der Waals surface area contributed by atoms with Gasteiger partial charge in [-0.3, -0.25) is 9.88 Å². The van der Waals surface area contributed by atoms with Gasteiger partial charge >= 0.3 is 6.03 Å². The molecule has 2 fully saturated rings. The molecular weight excluding hydrogens is 324 g/mol. The third-order valence-electron chi connectivity index (χ3n) is 5.81. The Labute approximate surface area is 158 Å². The van der Waals surface area contributed by atoms with Gasteiger partial charge in [0.15, 0.2) is 0 Å². The Morgan fingerprint density at radius 3 is 2.73 bits per heavy atom. The quantitative estimate of drug-likeness (QED) is 0.806. The van der Waals surface area contributed by atoms with Crippen molar-refractivity contribution in [3.63, 3.8) is 0 Å². The van der Waals surface area contributed by atoms with E-state index in [-0.39, 0.29) is 6.03 Å². The van der Waals surface area contributed by atoms with E-state index in [4.69, 9.17) is 0 Å². The Bertz CT molecular complexity index is 544. The summed E-state index contributed by atoms with van der Waals surface area (Å²) < 4.78 is 0. The van der Waals surface area contributed by atoms with Crippen molar-refractivity contribution in [2.45, 2.75) is 76.9 Å². The first-order valence-electron chi connectivity index (χ1n) is 10.4. The van der Waals surface area contributed by atoms with Crippen LogP contribution in [-0.4, -0.2) is 52.5 Å². The molecule has 1 unspecified atom stereocenters. The van der Waals surface area contributed by atoms with Gasteiger partial charge in [0.05, 0.1) is 0 Å².